The van der Waals surface area contributed by atoms with E-state index < -0.39 is 12.2 Å². The van der Waals surface area contributed by atoms with Crippen LogP contribution in [0, 0.1) is 0 Å². The van der Waals surface area contributed by atoms with Crippen LogP contribution in [0.15, 0.2) is 18.2 Å². The minimum absolute atomic E-state index is 0.00887. The number of nitrogens with zero attached hydrogens (tertiary/aromatic N) is 4. The summed E-state index contributed by atoms with van der Waals surface area (Å²) in [5, 5.41) is 4.96. The maximum atomic E-state index is 12.8. The van der Waals surface area contributed by atoms with Crippen LogP contribution in [0.4, 0.5) is 25.1 Å². The van der Waals surface area contributed by atoms with E-state index in [2.05, 4.69) is 30.6 Å². The lowest BCUT2D eigenvalue weighted by Crippen LogP contribution is -2.34. The second-order valence-corrected chi connectivity index (χ2v) is 5.60. The molecule has 0 aliphatic heterocycles. The average molecular weight is 363 g/mol. The number of anilines is 2. The Morgan fingerprint density at radius 1 is 1.08 bits per heavy atom. The summed E-state index contributed by atoms with van der Waals surface area (Å²) in [6.07, 6.45) is -4.50. The molecule has 0 fully saturated rings. The maximum absolute atomic E-state index is 12.8. The van der Waals surface area contributed by atoms with Crippen molar-refractivity contribution in [1.29, 1.82) is 0 Å². The van der Waals surface area contributed by atoms with Gasteiger partial charge in [0.2, 0.25) is 11.9 Å². The molecule has 0 aromatic carbocycles. The van der Waals surface area contributed by atoms with E-state index in [9.17, 15) is 13.2 Å². The monoisotopic (exact) mass is 362 g/mol. The highest BCUT2D eigenvalue weighted by Crippen LogP contribution is 2.24. The number of halogens is 4. The number of hydrogen-bond acceptors (Lipinski definition) is 6. The Balaban J connectivity index is 2.54. The van der Waals surface area contributed by atoms with Crippen LogP contribution in [-0.2, 0) is 0 Å². The molecule has 2 heterocycles. The summed E-state index contributed by atoms with van der Waals surface area (Å²) in [6.45, 7) is 4.52. The Morgan fingerprint density at radius 3 is 2.29 bits per heavy atom. The van der Waals surface area contributed by atoms with Gasteiger partial charge in [0.15, 0.2) is 5.82 Å². The van der Waals surface area contributed by atoms with Crippen molar-refractivity contribution in [3.05, 3.63) is 23.3 Å². The zero-order valence-electron chi connectivity index (χ0n) is 15.0. The first kappa shape index (κ1) is 15.4. The van der Waals surface area contributed by atoms with Crippen LogP contribution in [0.1, 0.15) is 23.5 Å². The van der Waals surface area contributed by atoms with E-state index in [1.165, 1.54) is 6.07 Å². The molecule has 1 atom stereocenters. The normalized spacial score (nSPS) is 14.2. The molecule has 2 rings (SSSR count). The average Bonchev–Trinajstić information content (AvgIpc) is 2.48. The fourth-order valence-corrected chi connectivity index (χ4v) is 1.72. The van der Waals surface area contributed by atoms with Crippen molar-refractivity contribution < 1.29 is 15.9 Å². The fourth-order valence-electron chi connectivity index (χ4n) is 1.58. The van der Waals surface area contributed by atoms with Gasteiger partial charge in [0, 0.05) is 6.04 Å². The first-order chi connectivity index (χ1) is 12.0. The van der Waals surface area contributed by atoms with Crippen molar-refractivity contribution >= 4 is 23.5 Å². The molecule has 0 bridgehead atoms. The van der Waals surface area contributed by atoms with Gasteiger partial charge in [-0.2, -0.15) is 28.1 Å². The lowest BCUT2D eigenvalue weighted by atomic mass is 10.3. The SMILES string of the molecule is [2H]c1cc(Cl)nc(-c2nc(NC(C)C)nc(N[C@H](C)C(F)(F)F)n2)c1[2H]. The molecule has 2 N–H and O–H groups in total. The number of rotatable bonds is 5. The van der Waals surface area contributed by atoms with Gasteiger partial charge in [-0.25, -0.2) is 4.98 Å². The lowest BCUT2D eigenvalue weighted by Gasteiger charge is -2.18. The van der Waals surface area contributed by atoms with Gasteiger partial charge >= 0.3 is 6.18 Å². The first-order valence-electron chi connectivity index (χ1n) is 7.97. The van der Waals surface area contributed by atoms with Crippen LogP contribution in [0.25, 0.3) is 11.5 Å². The second kappa shape index (κ2) is 7.16. The van der Waals surface area contributed by atoms with Crippen LogP contribution < -0.4 is 10.6 Å². The molecule has 6 nitrogen and oxygen atoms in total. The van der Waals surface area contributed by atoms with E-state index in [-0.39, 0.29) is 46.7 Å². The summed E-state index contributed by atoms with van der Waals surface area (Å²) >= 11 is 5.81. The summed E-state index contributed by atoms with van der Waals surface area (Å²) < 4.78 is 54.0. The number of alkyl halides is 3. The minimum atomic E-state index is -4.50. The van der Waals surface area contributed by atoms with Crippen LogP contribution in [0.3, 0.4) is 0 Å². The number of nitrogens with one attached hydrogen (secondary N) is 2. The Morgan fingerprint density at radius 2 is 1.71 bits per heavy atom. The van der Waals surface area contributed by atoms with Crippen LogP contribution >= 0.6 is 11.6 Å². The van der Waals surface area contributed by atoms with Gasteiger partial charge in [-0.1, -0.05) is 17.6 Å². The van der Waals surface area contributed by atoms with Crippen LogP contribution in [-0.4, -0.2) is 38.2 Å². The third kappa shape index (κ3) is 4.92. The fraction of sp³-hybridized carbons (Fsp3) is 0.429. The lowest BCUT2D eigenvalue weighted by molar-refractivity contribution is -0.138. The summed E-state index contributed by atoms with van der Waals surface area (Å²) in [4.78, 5) is 15.8. The molecule has 0 saturated carbocycles. The van der Waals surface area contributed by atoms with Gasteiger partial charge in [0.1, 0.15) is 16.9 Å². The van der Waals surface area contributed by atoms with E-state index >= 15 is 0 Å². The molecule has 0 amide bonds. The highest BCUT2D eigenvalue weighted by molar-refractivity contribution is 6.29. The first-order valence-corrected chi connectivity index (χ1v) is 7.35. The number of pyridine rings is 1. The van der Waals surface area contributed by atoms with E-state index in [1.54, 1.807) is 13.8 Å². The van der Waals surface area contributed by atoms with Crippen LogP contribution in [0.5, 0.6) is 0 Å². The molecule has 24 heavy (non-hydrogen) atoms. The van der Waals surface area contributed by atoms with Crippen molar-refractivity contribution in [1.82, 2.24) is 19.9 Å². The van der Waals surface area contributed by atoms with Gasteiger partial charge in [-0.3, -0.25) is 0 Å². The molecule has 0 aliphatic carbocycles. The molecule has 2 aromatic heterocycles. The molecule has 0 unspecified atom stereocenters. The molecule has 2 aromatic rings. The summed E-state index contributed by atoms with van der Waals surface area (Å²) in [6, 6.07) is -1.35. The summed E-state index contributed by atoms with van der Waals surface area (Å²) in [5.41, 5.74) is -0.126. The van der Waals surface area contributed by atoms with Crippen molar-refractivity contribution in [2.24, 2.45) is 0 Å². The van der Waals surface area contributed by atoms with E-state index in [0.29, 0.717) is 0 Å². The van der Waals surface area contributed by atoms with E-state index in [1.807, 2.05) is 0 Å². The molecule has 0 saturated heterocycles. The summed E-state index contributed by atoms with van der Waals surface area (Å²) in [7, 11) is 0. The largest absolute Gasteiger partial charge is 0.408 e. The summed E-state index contributed by atoms with van der Waals surface area (Å²) in [5.74, 6) is -0.494. The smallest absolute Gasteiger partial charge is 0.352 e. The topological polar surface area (TPSA) is 75.6 Å². The highest BCUT2D eigenvalue weighted by Gasteiger charge is 2.36. The maximum Gasteiger partial charge on any atom is 0.408 e. The van der Waals surface area contributed by atoms with Crippen molar-refractivity contribution in [2.75, 3.05) is 10.6 Å². The van der Waals surface area contributed by atoms with Crippen LogP contribution in [0.2, 0.25) is 5.15 Å². The minimum Gasteiger partial charge on any atom is -0.352 e. The molecule has 0 spiro atoms. The van der Waals surface area contributed by atoms with Gasteiger partial charge < -0.3 is 10.6 Å². The predicted molar refractivity (Wildman–Crippen MR) is 86.0 cm³/mol. The van der Waals surface area contributed by atoms with Gasteiger partial charge in [-0.15, -0.1) is 0 Å². The van der Waals surface area contributed by atoms with Gasteiger partial charge in [0.25, 0.3) is 0 Å². The third-order valence-electron chi connectivity index (χ3n) is 2.70. The molecule has 0 radical (unpaired) electrons. The van der Waals surface area contributed by atoms with Gasteiger partial charge in [-0.05, 0) is 32.9 Å². The predicted octanol–water partition coefficient (Wildman–Crippen LogP) is 3.77. The van der Waals surface area contributed by atoms with Gasteiger partial charge in [0.05, 0.1) is 2.74 Å². The van der Waals surface area contributed by atoms with E-state index in [4.69, 9.17) is 14.3 Å². The molecule has 10 heteroatoms. The van der Waals surface area contributed by atoms with E-state index in [0.717, 1.165) is 6.92 Å². The third-order valence-corrected chi connectivity index (χ3v) is 2.90. The standard InChI is InChI=1S/C14H16ClF3N6/c1-7(2)19-12-22-11(9-5-4-6-10(15)21-9)23-13(24-12)20-8(3)14(16,17)18/h4-8H,1-3H3,(H2,19,20,22,23,24)/t8-/m1/s1/i4D,5D. The molecular weight excluding hydrogens is 345 g/mol. The Kier molecular flexibility index (Phi) is 4.59. The highest BCUT2D eigenvalue weighted by atomic mass is 35.5. The molecule has 130 valence electrons. The number of aromatic nitrogens is 4. The Labute approximate surface area is 144 Å². The second-order valence-electron chi connectivity index (χ2n) is 5.21. The van der Waals surface area contributed by atoms with Crippen molar-refractivity contribution in [3.63, 3.8) is 0 Å². The van der Waals surface area contributed by atoms with Crippen molar-refractivity contribution in [3.8, 4) is 11.5 Å². The quantitative estimate of drug-likeness (QED) is 0.788. The zero-order valence-corrected chi connectivity index (χ0v) is 13.8. The Bertz CT molecular complexity index is 803. The molecule has 0 aliphatic rings. The molecular formula is C14H16ClF3N6. The number of hydrogen-bond donors (Lipinski definition) is 2. The van der Waals surface area contributed by atoms with Crippen molar-refractivity contribution in [2.45, 2.75) is 39.0 Å². The zero-order chi connectivity index (χ0) is 19.6. The Hall–Kier alpha value is -2.16.